The zero-order valence-corrected chi connectivity index (χ0v) is 18.2. The maximum atomic E-state index is 13.0. The third-order valence-corrected chi connectivity index (χ3v) is 5.94. The second kappa shape index (κ2) is 7.30. The Balaban J connectivity index is 1.88. The van der Waals surface area contributed by atoms with E-state index in [0.717, 1.165) is 22.2 Å². The summed E-state index contributed by atoms with van der Waals surface area (Å²) in [6, 6.07) is 14.2. The van der Waals surface area contributed by atoms with Crippen LogP contribution >= 0.6 is 0 Å². The summed E-state index contributed by atoms with van der Waals surface area (Å²) >= 11 is 0. The first kappa shape index (κ1) is 20.4. The molecule has 5 aromatic rings. The van der Waals surface area contributed by atoms with E-state index in [0.29, 0.717) is 11.5 Å². The zero-order valence-electron chi connectivity index (χ0n) is 18.2. The second-order valence-corrected chi connectivity index (χ2v) is 7.83. The van der Waals surface area contributed by atoms with Crippen LogP contribution in [0.25, 0.3) is 33.9 Å². The number of benzene rings is 2. The Morgan fingerprint density at radius 2 is 1.64 bits per heavy atom. The molecule has 5 rings (SSSR count). The Morgan fingerprint density at radius 3 is 2.24 bits per heavy atom. The predicted molar refractivity (Wildman–Crippen MR) is 124 cm³/mol. The first-order chi connectivity index (χ1) is 15.8. The first-order valence-corrected chi connectivity index (χ1v) is 10.4. The van der Waals surface area contributed by atoms with Gasteiger partial charge in [0, 0.05) is 43.7 Å². The minimum Gasteiger partial charge on any atom is -0.279 e. The van der Waals surface area contributed by atoms with Crippen molar-refractivity contribution in [1.82, 2.24) is 23.1 Å². The molecule has 10 heteroatoms. The number of rotatable bonds is 4. The molecule has 0 spiro atoms. The van der Waals surface area contributed by atoms with Crippen molar-refractivity contribution in [3.8, 4) is 16.9 Å². The highest BCUT2D eigenvalue weighted by atomic mass is 16.6. The van der Waals surface area contributed by atoms with Crippen LogP contribution in [0.4, 0.5) is 5.69 Å². The van der Waals surface area contributed by atoms with Crippen molar-refractivity contribution < 1.29 is 4.92 Å². The van der Waals surface area contributed by atoms with Gasteiger partial charge in [-0.15, -0.1) is 0 Å². The van der Waals surface area contributed by atoms with Crippen LogP contribution in [0.5, 0.6) is 0 Å². The van der Waals surface area contributed by atoms with Crippen LogP contribution in [0.15, 0.2) is 64.3 Å². The molecule has 3 aromatic heterocycles. The molecule has 0 bridgehead atoms. The van der Waals surface area contributed by atoms with Crippen molar-refractivity contribution >= 4 is 22.6 Å². The van der Waals surface area contributed by atoms with Gasteiger partial charge in [0.05, 0.1) is 10.6 Å². The largest absolute Gasteiger partial charge is 0.332 e. The molecule has 10 nitrogen and oxygen atoms in total. The fourth-order valence-corrected chi connectivity index (χ4v) is 4.06. The third-order valence-electron chi connectivity index (χ3n) is 5.94. The second-order valence-electron chi connectivity index (χ2n) is 7.83. The van der Waals surface area contributed by atoms with Gasteiger partial charge in [0.2, 0.25) is 5.78 Å². The fraction of sp³-hybridized carbons (Fsp3) is 0.174. The van der Waals surface area contributed by atoms with Gasteiger partial charge in [-0.1, -0.05) is 19.1 Å². The van der Waals surface area contributed by atoms with Crippen LogP contribution in [-0.2, 0) is 20.5 Å². The molecule has 0 unspecified atom stereocenters. The molecule has 0 atom stereocenters. The maximum Gasteiger partial charge on any atom is 0.332 e. The summed E-state index contributed by atoms with van der Waals surface area (Å²) in [6.07, 6.45) is 2.66. The van der Waals surface area contributed by atoms with Crippen molar-refractivity contribution in [2.24, 2.45) is 14.1 Å². The van der Waals surface area contributed by atoms with Crippen LogP contribution in [0.2, 0.25) is 0 Å². The molecule has 0 aliphatic heterocycles. The molecule has 0 amide bonds. The van der Waals surface area contributed by atoms with Crippen LogP contribution in [0, 0.1) is 10.1 Å². The van der Waals surface area contributed by atoms with E-state index in [1.165, 1.54) is 29.3 Å². The summed E-state index contributed by atoms with van der Waals surface area (Å²) in [5, 5.41) is 11.1. The molecule has 0 saturated heterocycles. The Hall–Kier alpha value is -4.47. The molecule has 33 heavy (non-hydrogen) atoms. The van der Waals surface area contributed by atoms with E-state index in [2.05, 4.69) is 11.9 Å². The first-order valence-electron chi connectivity index (χ1n) is 10.4. The number of fused-ring (bicyclic) bond motifs is 3. The van der Waals surface area contributed by atoms with Crippen molar-refractivity contribution in [3.63, 3.8) is 0 Å². The van der Waals surface area contributed by atoms with E-state index in [1.54, 1.807) is 29.8 Å². The number of nitro groups is 1. The number of imidazole rings is 2. The zero-order chi connectivity index (χ0) is 23.4. The monoisotopic (exact) mass is 444 g/mol. The number of hydrogen-bond donors (Lipinski definition) is 0. The molecule has 166 valence electrons. The molecule has 0 aliphatic carbocycles. The highest BCUT2D eigenvalue weighted by Crippen LogP contribution is 2.30. The van der Waals surface area contributed by atoms with Crippen LogP contribution in [0.3, 0.4) is 0 Å². The summed E-state index contributed by atoms with van der Waals surface area (Å²) in [5.41, 5.74) is 3.06. The SMILES string of the molecule is CCc1ccc(-n2c(-c3ccc([N+](=O)[O-])cc3)cn3c4c(=O)n(C)c(=O)n(C)c4nc23)cc1. The Morgan fingerprint density at radius 1 is 0.970 bits per heavy atom. The summed E-state index contributed by atoms with van der Waals surface area (Å²) in [4.78, 5) is 40.7. The van der Waals surface area contributed by atoms with Gasteiger partial charge in [0.1, 0.15) is 0 Å². The standard InChI is InChI=1S/C23H20N6O4/c1-4-14-5-9-16(10-6-14)28-18(15-7-11-17(12-8-15)29(32)33)13-27-19-20(24-22(27)28)25(2)23(31)26(3)21(19)30/h5-13H,4H2,1-3H3. The van der Waals surface area contributed by atoms with Gasteiger partial charge >= 0.3 is 5.69 Å². The predicted octanol–water partition coefficient (Wildman–Crippen LogP) is 2.81. The molecule has 2 aromatic carbocycles. The molecule has 0 radical (unpaired) electrons. The Labute approximate surface area is 186 Å². The van der Waals surface area contributed by atoms with Gasteiger partial charge < -0.3 is 0 Å². The lowest BCUT2D eigenvalue weighted by Gasteiger charge is -2.10. The summed E-state index contributed by atoms with van der Waals surface area (Å²) in [7, 11) is 3.01. The van der Waals surface area contributed by atoms with Crippen molar-refractivity contribution in [2.75, 3.05) is 0 Å². The van der Waals surface area contributed by atoms with Gasteiger partial charge in [-0.2, -0.15) is 4.98 Å². The number of hydrogen-bond acceptors (Lipinski definition) is 5. The summed E-state index contributed by atoms with van der Waals surface area (Å²) < 4.78 is 5.95. The van der Waals surface area contributed by atoms with Gasteiger partial charge in [-0.3, -0.25) is 33.0 Å². The molecule has 0 N–H and O–H groups in total. The quantitative estimate of drug-likeness (QED) is 0.313. The Kier molecular flexibility index (Phi) is 4.52. The minimum absolute atomic E-state index is 0.0109. The normalized spacial score (nSPS) is 11.5. The lowest BCUT2D eigenvalue weighted by molar-refractivity contribution is -0.384. The van der Waals surface area contributed by atoms with E-state index in [1.807, 2.05) is 28.8 Å². The smallest absolute Gasteiger partial charge is 0.279 e. The fourth-order valence-electron chi connectivity index (χ4n) is 4.06. The maximum absolute atomic E-state index is 13.0. The van der Waals surface area contributed by atoms with E-state index < -0.39 is 16.2 Å². The van der Waals surface area contributed by atoms with Crippen LogP contribution in [0.1, 0.15) is 12.5 Å². The highest BCUT2D eigenvalue weighted by Gasteiger charge is 2.22. The lowest BCUT2D eigenvalue weighted by atomic mass is 10.1. The lowest BCUT2D eigenvalue weighted by Crippen LogP contribution is -2.37. The third kappa shape index (κ3) is 2.99. The average molecular weight is 444 g/mol. The number of nitrogens with zero attached hydrogens (tertiary/aromatic N) is 6. The average Bonchev–Trinajstić information content (AvgIpc) is 3.38. The summed E-state index contributed by atoms with van der Waals surface area (Å²) in [5.74, 6) is 0.459. The van der Waals surface area contributed by atoms with Gasteiger partial charge in [-0.05, 0) is 36.2 Å². The van der Waals surface area contributed by atoms with Crippen molar-refractivity contribution in [2.45, 2.75) is 13.3 Å². The van der Waals surface area contributed by atoms with Gasteiger partial charge in [0.25, 0.3) is 11.2 Å². The van der Waals surface area contributed by atoms with Crippen molar-refractivity contribution in [1.29, 1.82) is 0 Å². The van der Waals surface area contributed by atoms with E-state index in [9.17, 15) is 19.7 Å². The van der Waals surface area contributed by atoms with Crippen molar-refractivity contribution in [3.05, 3.63) is 91.2 Å². The molecule has 0 fully saturated rings. The summed E-state index contributed by atoms with van der Waals surface area (Å²) in [6.45, 7) is 2.07. The molecule has 3 heterocycles. The number of aromatic nitrogens is 5. The van der Waals surface area contributed by atoms with Crippen LogP contribution in [-0.4, -0.2) is 28.0 Å². The number of non-ortho nitro benzene ring substituents is 1. The number of aryl methyl sites for hydroxylation is 2. The molecule has 0 aliphatic rings. The highest BCUT2D eigenvalue weighted by molar-refractivity contribution is 5.79. The van der Waals surface area contributed by atoms with E-state index in [-0.39, 0.29) is 16.9 Å². The van der Waals surface area contributed by atoms with Gasteiger partial charge in [-0.25, -0.2) is 4.79 Å². The molecule has 0 saturated carbocycles. The molecular formula is C23H20N6O4. The topological polar surface area (TPSA) is 109 Å². The minimum atomic E-state index is -0.456. The Bertz CT molecular complexity index is 1670. The van der Waals surface area contributed by atoms with Crippen LogP contribution < -0.4 is 11.2 Å². The van der Waals surface area contributed by atoms with E-state index in [4.69, 9.17) is 0 Å². The number of nitro benzene ring substituents is 1. The van der Waals surface area contributed by atoms with E-state index >= 15 is 0 Å². The van der Waals surface area contributed by atoms with Gasteiger partial charge in [0.15, 0.2) is 11.2 Å². The molecular weight excluding hydrogens is 424 g/mol.